The molecule has 2 N–H and O–H groups in total. The Labute approximate surface area is 121 Å². The molecular weight excluding hydrogens is 254 g/mol. The van der Waals surface area contributed by atoms with Crippen LogP contribution in [0.25, 0.3) is 0 Å². The van der Waals surface area contributed by atoms with E-state index in [0.717, 1.165) is 56.8 Å². The van der Waals surface area contributed by atoms with Crippen molar-refractivity contribution < 1.29 is 9.26 Å². The van der Waals surface area contributed by atoms with Crippen molar-refractivity contribution in [2.24, 2.45) is 5.73 Å². The van der Waals surface area contributed by atoms with Crippen molar-refractivity contribution in [3.05, 3.63) is 11.7 Å². The van der Waals surface area contributed by atoms with Crippen LogP contribution in [-0.2, 0) is 16.8 Å². The van der Waals surface area contributed by atoms with Crippen LogP contribution in [0.1, 0.15) is 69.5 Å². The van der Waals surface area contributed by atoms with Gasteiger partial charge in [-0.05, 0) is 32.2 Å². The molecule has 20 heavy (non-hydrogen) atoms. The predicted molar refractivity (Wildman–Crippen MR) is 77.3 cm³/mol. The number of ether oxygens (including phenoxy) is 1. The fourth-order valence-electron chi connectivity index (χ4n) is 2.96. The molecular formula is C15H27N3O2. The second-order valence-corrected chi connectivity index (χ2v) is 5.72. The summed E-state index contributed by atoms with van der Waals surface area (Å²) in [7, 11) is 1.77. The molecule has 0 saturated heterocycles. The monoisotopic (exact) mass is 281 g/mol. The van der Waals surface area contributed by atoms with E-state index in [0.29, 0.717) is 0 Å². The van der Waals surface area contributed by atoms with Crippen LogP contribution in [0, 0.1) is 0 Å². The Kier molecular flexibility index (Phi) is 5.98. The van der Waals surface area contributed by atoms with E-state index in [1.165, 1.54) is 25.7 Å². The van der Waals surface area contributed by atoms with Gasteiger partial charge in [0, 0.05) is 13.5 Å². The molecule has 114 valence electrons. The van der Waals surface area contributed by atoms with Gasteiger partial charge in [-0.1, -0.05) is 37.3 Å². The highest BCUT2D eigenvalue weighted by atomic mass is 16.5. The molecule has 0 aliphatic heterocycles. The lowest BCUT2D eigenvalue weighted by atomic mass is 9.93. The van der Waals surface area contributed by atoms with E-state index in [2.05, 4.69) is 10.1 Å². The smallest absolute Gasteiger partial charge is 0.226 e. The highest BCUT2D eigenvalue weighted by Crippen LogP contribution is 2.37. The summed E-state index contributed by atoms with van der Waals surface area (Å²) in [5, 5.41) is 4.19. The molecule has 1 aliphatic carbocycles. The van der Waals surface area contributed by atoms with E-state index < -0.39 is 0 Å². The number of nitrogens with two attached hydrogens (primary N) is 1. The fraction of sp³-hybridized carbons (Fsp3) is 0.867. The number of aromatic nitrogens is 2. The van der Waals surface area contributed by atoms with Crippen molar-refractivity contribution in [3.8, 4) is 0 Å². The molecule has 1 fully saturated rings. The van der Waals surface area contributed by atoms with E-state index >= 15 is 0 Å². The lowest BCUT2D eigenvalue weighted by molar-refractivity contribution is -0.0365. The maximum absolute atomic E-state index is 5.80. The SMILES string of the molecule is COC1(c2noc(CCCCCN)n2)CCCCCC1. The normalized spacial score (nSPS) is 18.9. The van der Waals surface area contributed by atoms with E-state index in [1.807, 2.05) is 0 Å². The Balaban J connectivity index is 1.98. The van der Waals surface area contributed by atoms with Gasteiger partial charge in [0.05, 0.1) is 0 Å². The third kappa shape index (κ3) is 3.79. The number of hydrogen-bond acceptors (Lipinski definition) is 5. The molecule has 5 nitrogen and oxygen atoms in total. The number of rotatable bonds is 7. The zero-order valence-corrected chi connectivity index (χ0v) is 12.6. The van der Waals surface area contributed by atoms with Gasteiger partial charge in [-0.15, -0.1) is 0 Å². The van der Waals surface area contributed by atoms with Gasteiger partial charge < -0.3 is 15.0 Å². The molecule has 1 aliphatic rings. The van der Waals surface area contributed by atoms with Gasteiger partial charge in [0.15, 0.2) is 0 Å². The van der Waals surface area contributed by atoms with Crippen LogP contribution in [0.4, 0.5) is 0 Å². The third-order valence-corrected chi connectivity index (χ3v) is 4.27. The van der Waals surface area contributed by atoms with Crippen molar-refractivity contribution in [2.45, 2.75) is 69.8 Å². The van der Waals surface area contributed by atoms with Gasteiger partial charge in [-0.3, -0.25) is 0 Å². The summed E-state index contributed by atoms with van der Waals surface area (Å²) in [4.78, 5) is 4.58. The summed E-state index contributed by atoms with van der Waals surface area (Å²) in [6, 6.07) is 0. The zero-order valence-electron chi connectivity index (χ0n) is 12.6. The Hall–Kier alpha value is -0.940. The van der Waals surface area contributed by atoms with E-state index in [4.69, 9.17) is 15.0 Å². The maximum atomic E-state index is 5.80. The summed E-state index contributed by atoms with van der Waals surface area (Å²) < 4.78 is 11.2. The van der Waals surface area contributed by atoms with Crippen LogP contribution in [0.2, 0.25) is 0 Å². The Morgan fingerprint density at radius 2 is 1.90 bits per heavy atom. The van der Waals surface area contributed by atoms with Gasteiger partial charge in [-0.2, -0.15) is 4.98 Å². The average Bonchev–Trinajstić information content (AvgIpc) is 2.81. The van der Waals surface area contributed by atoms with E-state index in [-0.39, 0.29) is 5.60 Å². The minimum atomic E-state index is -0.324. The van der Waals surface area contributed by atoms with Crippen LogP contribution in [0.3, 0.4) is 0 Å². The highest BCUT2D eigenvalue weighted by molar-refractivity contribution is 5.02. The molecule has 0 aromatic carbocycles. The molecule has 1 saturated carbocycles. The first-order valence-corrected chi connectivity index (χ1v) is 7.89. The predicted octanol–water partition coefficient (Wildman–Crippen LogP) is 2.94. The number of aryl methyl sites for hydroxylation is 1. The largest absolute Gasteiger partial charge is 0.370 e. The molecule has 2 rings (SSSR count). The molecule has 0 radical (unpaired) electrons. The molecule has 0 atom stereocenters. The van der Waals surface area contributed by atoms with Crippen LogP contribution >= 0.6 is 0 Å². The van der Waals surface area contributed by atoms with Crippen molar-refractivity contribution in [1.29, 1.82) is 0 Å². The lowest BCUT2D eigenvalue weighted by Crippen LogP contribution is -2.29. The minimum absolute atomic E-state index is 0.324. The average molecular weight is 281 g/mol. The van der Waals surface area contributed by atoms with Crippen molar-refractivity contribution in [3.63, 3.8) is 0 Å². The minimum Gasteiger partial charge on any atom is -0.370 e. The molecule has 1 aromatic rings. The Morgan fingerprint density at radius 3 is 2.55 bits per heavy atom. The number of hydrogen-bond donors (Lipinski definition) is 1. The Morgan fingerprint density at radius 1 is 1.15 bits per heavy atom. The molecule has 0 spiro atoms. The van der Waals surface area contributed by atoms with Gasteiger partial charge in [0.2, 0.25) is 11.7 Å². The summed E-state index contributed by atoms with van der Waals surface area (Å²) in [5.74, 6) is 1.48. The molecule has 1 aromatic heterocycles. The first-order valence-electron chi connectivity index (χ1n) is 7.89. The topological polar surface area (TPSA) is 74.2 Å². The molecule has 5 heteroatoms. The number of nitrogens with zero attached hydrogens (tertiary/aromatic N) is 2. The van der Waals surface area contributed by atoms with E-state index in [1.54, 1.807) is 7.11 Å². The van der Waals surface area contributed by atoms with Gasteiger partial charge in [0.1, 0.15) is 5.60 Å². The van der Waals surface area contributed by atoms with Gasteiger partial charge in [0.25, 0.3) is 0 Å². The van der Waals surface area contributed by atoms with Gasteiger partial charge >= 0.3 is 0 Å². The van der Waals surface area contributed by atoms with E-state index in [9.17, 15) is 0 Å². The quantitative estimate of drug-likeness (QED) is 0.614. The maximum Gasteiger partial charge on any atom is 0.226 e. The first kappa shape index (κ1) is 15.4. The summed E-state index contributed by atoms with van der Waals surface area (Å²) in [5.41, 5.74) is 5.17. The molecule has 0 bridgehead atoms. The Bertz CT molecular complexity index is 384. The van der Waals surface area contributed by atoms with Crippen LogP contribution in [-0.4, -0.2) is 23.8 Å². The summed E-state index contributed by atoms with van der Waals surface area (Å²) in [6.45, 7) is 0.752. The molecule has 0 unspecified atom stereocenters. The highest BCUT2D eigenvalue weighted by Gasteiger charge is 2.37. The molecule has 0 amide bonds. The van der Waals surface area contributed by atoms with Crippen LogP contribution < -0.4 is 5.73 Å². The van der Waals surface area contributed by atoms with Crippen LogP contribution in [0.5, 0.6) is 0 Å². The first-order chi connectivity index (χ1) is 9.80. The van der Waals surface area contributed by atoms with Crippen molar-refractivity contribution in [1.82, 2.24) is 10.1 Å². The second-order valence-electron chi connectivity index (χ2n) is 5.72. The lowest BCUT2D eigenvalue weighted by Gasteiger charge is -2.27. The van der Waals surface area contributed by atoms with Crippen molar-refractivity contribution >= 4 is 0 Å². The van der Waals surface area contributed by atoms with Crippen LogP contribution in [0.15, 0.2) is 4.52 Å². The number of methoxy groups -OCH3 is 1. The fourth-order valence-corrected chi connectivity index (χ4v) is 2.96. The van der Waals surface area contributed by atoms with Gasteiger partial charge in [-0.25, -0.2) is 0 Å². The summed E-state index contributed by atoms with van der Waals surface area (Å²) in [6.07, 6.45) is 11.0. The second kappa shape index (κ2) is 7.74. The van der Waals surface area contributed by atoms with Crippen molar-refractivity contribution in [2.75, 3.05) is 13.7 Å². The zero-order chi connectivity index (χ0) is 14.3. The number of unbranched alkanes of at least 4 members (excludes halogenated alkanes) is 2. The summed E-state index contributed by atoms with van der Waals surface area (Å²) >= 11 is 0. The molecule has 1 heterocycles. The third-order valence-electron chi connectivity index (χ3n) is 4.27. The standard InChI is InChI=1S/C15H27N3O2/c1-19-15(10-6-2-3-7-11-15)14-17-13(20-18-14)9-5-4-8-12-16/h2-12,16H2,1H3.